The summed E-state index contributed by atoms with van der Waals surface area (Å²) in [6, 6.07) is 11.9. The first-order valence-corrected chi connectivity index (χ1v) is 8.65. The van der Waals surface area contributed by atoms with Crippen molar-refractivity contribution in [3.05, 3.63) is 65.0 Å². The molecule has 27 heavy (non-hydrogen) atoms. The smallest absolute Gasteiger partial charge is 0.251 e. The molecule has 7 heteroatoms. The number of methoxy groups -OCH3 is 1. The van der Waals surface area contributed by atoms with Crippen LogP contribution >= 0.6 is 0 Å². The van der Waals surface area contributed by atoms with Crippen LogP contribution in [0.3, 0.4) is 0 Å². The third-order valence-corrected chi connectivity index (χ3v) is 3.96. The van der Waals surface area contributed by atoms with Crippen molar-refractivity contribution in [2.24, 2.45) is 4.99 Å². The number of aryl methyl sites for hydroxylation is 1. The van der Waals surface area contributed by atoms with Gasteiger partial charge in [0.05, 0.1) is 7.11 Å². The minimum atomic E-state index is -0.214. The number of aliphatic imine (C=N–C) groups is 1. The highest BCUT2D eigenvalue weighted by atomic mass is 19.1. The lowest BCUT2D eigenvalue weighted by molar-refractivity contribution is 0.0954. The van der Waals surface area contributed by atoms with Gasteiger partial charge in [0.2, 0.25) is 0 Å². The molecule has 2 aromatic rings. The summed E-state index contributed by atoms with van der Waals surface area (Å²) in [5.74, 6) is 0.952. The Morgan fingerprint density at radius 3 is 2.41 bits per heavy atom. The summed E-state index contributed by atoms with van der Waals surface area (Å²) < 4.78 is 18.4. The van der Waals surface area contributed by atoms with Crippen LogP contribution in [0.25, 0.3) is 0 Å². The normalized spacial score (nSPS) is 11.0. The summed E-state index contributed by atoms with van der Waals surface area (Å²) in [5.41, 5.74) is 2.15. The van der Waals surface area contributed by atoms with Gasteiger partial charge in [0.25, 0.3) is 5.91 Å². The second-order valence-electron chi connectivity index (χ2n) is 5.92. The number of hydrogen-bond acceptors (Lipinski definition) is 3. The predicted octanol–water partition coefficient (Wildman–Crippen LogP) is 2.24. The molecule has 3 N–H and O–H groups in total. The number of ether oxygens (including phenoxy) is 1. The number of amides is 1. The van der Waals surface area contributed by atoms with Crippen molar-refractivity contribution in [1.29, 1.82) is 0 Å². The number of guanidine groups is 1. The van der Waals surface area contributed by atoms with Gasteiger partial charge >= 0.3 is 0 Å². The molecule has 1 amide bonds. The van der Waals surface area contributed by atoms with E-state index in [0.717, 1.165) is 5.56 Å². The van der Waals surface area contributed by atoms with Gasteiger partial charge in [-0.1, -0.05) is 12.1 Å². The first kappa shape index (κ1) is 20.2. The minimum Gasteiger partial charge on any atom is -0.497 e. The Morgan fingerprint density at radius 1 is 1.07 bits per heavy atom. The van der Waals surface area contributed by atoms with Crippen LogP contribution in [0.2, 0.25) is 0 Å². The molecule has 2 rings (SSSR count). The zero-order chi connectivity index (χ0) is 19.6. The van der Waals surface area contributed by atoms with Crippen molar-refractivity contribution in [3.63, 3.8) is 0 Å². The van der Waals surface area contributed by atoms with Crippen LogP contribution in [0.15, 0.2) is 47.5 Å². The molecule has 0 aliphatic heterocycles. The Balaban J connectivity index is 1.72. The fraction of sp³-hybridized carbons (Fsp3) is 0.300. The molecule has 0 aromatic heterocycles. The maximum Gasteiger partial charge on any atom is 0.251 e. The number of nitrogens with one attached hydrogen (secondary N) is 3. The van der Waals surface area contributed by atoms with E-state index in [-0.39, 0.29) is 11.7 Å². The van der Waals surface area contributed by atoms with Crippen molar-refractivity contribution >= 4 is 11.9 Å². The van der Waals surface area contributed by atoms with Crippen LogP contribution in [0.5, 0.6) is 5.75 Å². The highest BCUT2D eigenvalue weighted by Crippen LogP contribution is 2.11. The molecule has 0 bridgehead atoms. The Bertz CT molecular complexity index is 791. The topological polar surface area (TPSA) is 74.8 Å². The van der Waals surface area contributed by atoms with Crippen LogP contribution in [-0.2, 0) is 6.54 Å². The molecule has 0 heterocycles. The number of rotatable bonds is 7. The van der Waals surface area contributed by atoms with E-state index in [1.807, 2.05) is 0 Å². The van der Waals surface area contributed by atoms with Gasteiger partial charge in [-0.2, -0.15) is 0 Å². The summed E-state index contributed by atoms with van der Waals surface area (Å²) in [4.78, 5) is 16.2. The summed E-state index contributed by atoms with van der Waals surface area (Å²) in [6.07, 6.45) is 0. The molecule has 0 unspecified atom stereocenters. The second kappa shape index (κ2) is 10.2. The fourth-order valence-electron chi connectivity index (χ4n) is 2.42. The van der Waals surface area contributed by atoms with Gasteiger partial charge in [0.15, 0.2) is 5.96 Å². The van der Waals surface area contributed by atoms with Gasteiger partial charge in [-0.25, -0.2) is 4.39 Å². The van der Waals surface area contributed by atoms with Crippen LogP contribution in [0, 0.1) is 12.7 Å². The zero-order valence-corrected chi connectivity index (χ0v) is 15.8. The zero-order valence-electron chi connectivity index (χ0n) is 15.8. The summed E-state index contributed by atoms with van der Waals surface area (Å²) >= 11 is 0. The molecular formula is C20H25FN4O2. The largest absolute Gasteiger partial charge is 0.497 e. The molecule has 0 aliphatic rings. The van der Waals surface area contributed by atoms with Crippen molar-refractivity contribution in [2.45, 2.75) is 13.5 Å². The van der Waals surface area contributed by atoms with Crippen LogP contribution in [0.1, 0.15) is 21.5 Å². The highest BCUT2D eigenvalue weighted by Gasteiger charge is 2.05. The molecule has 144 valence electrons. The standard InChI is InChI=1S/C20H25FN4O2/c1-14-12-15(4-9-18(14)21)13-25-20(22-2)24-11-10-23-19(26)16-5-7-17(27-3)8-6-16/h4-9,12H,10-11,13H2,1-3H3,(H,23,26)(H2,22,24,25). The van der Waals surface area contributed by atoms with Gasteiger partial charge in [-0.05, 0) is 48.4 Å². The van der Waals surface area contributed by atoms with Crippen molar-refractivity contribution in [3.8, 4) is 5.75 Å². The molecule has 2 aromatic carbocycles. The van der Waals surface area contributed by atoms with Crippen LogP contribution < -0.4 is 20.7 Å². The van der Waals surface area contributed by atoms with E-state index in [0.29, 0.717) is 42.5 Å². The number of nitrogens with zero attached hydrogens (tertiary/aromatic N) is 1. The molecule has 6 nitrogen and oxygen atoms in total. The second-order valence-corrected chi connectivity index (χ2v) is 5.92. The molecule has 0 radical (unpaired) electrons. The van der Waals surface area contributed by atoms with E-state index in [1.54, 1.807) is 57.5 Å². The Kier molecular flexibility index (Phi) is 7.61. The maximum atomic E-state index is 13.3. The van der Waals surface area contributed by atoms with Crippen molar-refractivity contribution in [2.75, 3.05) is 27.2 Å². The third-order valence-electron chi connectivity index (χ3n) is 3.96. The lowest BCUT2D eigenvalue weighted by atomic mass is 10.1. The van der Waals surface area contributed by atoms with E-state index in [1.165, 1.54) is 6.07 Å². The first-order chi connectivity index (χ1) is 13.0. The molecule has 0 saturated heterocycles. The van der Waals surface area contributed by atoms with Gasteiger partial charge in [-0.15, -0.1) is 0 Å². The van der Waals surface area contributed by atoms with E-state index in [9.17, 15) is 9.18 Å². The van der Waals surface area contributed by atoms with E-state index in [4.69, 9.17) is 4.74 Å². The maximum absolute atomic E-state index is 13.3. The monoisotopic (exact) mass is 372 g/mol. The van der Waals surface area contributed by atoms with Crippen LogP contribution in [-0.4, -0.2) is 39.1 Å². The number of benzene rings is 2. The fourth-order valence-corrected chi connectivity index (χ4v) is 2.42. The summed E-state index contributed by atoms with van der Waals surface area (Å²) in [6.45, 7) is 3.22. The van der Waals surface area contributed by atoms with Crippen LogP contribution in [0.4, 0.5) is 4.39 Å². The van der Waals surface area contributed by atoms with Crippen molar-refractivity contribution in [1.82, 2.24) is 16.0 Å². The Morgan fingerprint density at radius 2 is 1.78 bits per heavy atom. The molecular weight excluding hydrogens is 347 g/mol. The van der Waals surface area contributed by atoms with Gasteiger partial charge < -0.3 is 20.7 Å². The number of carbonyl (C=O) groups is 1. The number of carbonyl (C=O) groups excluding carboxylic acids is 1. The van der Waals surface area contributed by atoms with Crippen molar-refractivity contribution < 1.29 is 13.9 Å². The van der Waals surface area contributed by atoms with E-state index < -0.39 is 0 Å². The van der Waals surface area contributed by atoms with E-state index in [2.05, 4.69) is 20.9 Å². The third kappa shape index (κ3) is 6.29. The average Bonchev–Trinajstić information content (AvgIpc) is 2.69. The van der Waals surface area contributed by atoms with Gasteiger partial charge in [-0.3, -0.25) is 9.79 Å². The van der Waals surface area contributed by atoms with E-state index >= 15 is 0 Å². The Hall–Kier alpha value is -3.09. The SMILES string of the molecule is CN=C(NCCNC(=O)c1ccc(OC)cc1)NCc1ccc(F)c(C)c1. The summed E-state index contributed by atoms with van der Waals surface area (Å²) in [5, 5.41) is 9.11. The van der Waals surface area contributed by atoms with Gasteiger partial charge in [0.1, 0.15) is 11.6 Å². The summed E-state index contributed by atoms with van der Waals surface area (Å²) in [7, 11) is 3.25. The predicted molar refractivity (Wildman–Crippen MR) is 105 cm³/mol. The number of hydrogen-bond donors (Lipinski definition) is 3. The average molecular weight is 372 g/mol. The first-order valence-electron chi connectivity index (χ1n) is 8.65. The quantitative estimate of drug-likeness (QED) is 0.396. The lowest BCUT2D eigenvalue weighted by Gasteiger charge is -2.13. The molecule has 0 fully saturated rings. The lowest BCUT2D eigenvalue weighted by Crippen LogP contribution is -2.41. The molecule has 0 saturated carbocycles. The Labute approximate surface area is 158 Å². The minimum absolute atomic E-state index is 0.149. The number of halogens is 1. The highest BCUT2D eigenvalue weighted by molar-refractivity contribution is 5.94. The van der Waals surface area contributed by atoms with Gasteiger partial charge in [0, 0.05) is 32.2 Å². The molecule has 0 spiro atoms. The molecule has 0 atom stereocenters. The molecule has 0 aliphatic carbocycles.